The summed E-state index contributed by atoms with van der Waals surface area (Å²) < 4.78 is 0. The van der Waals surface area contributed by atoms with Crippen LogP contribution in [0.15, 0.2) is 30.9 Å². The Hall–Kier alpha value is -1.37. The second kappa shape index (κ2) is 5.50. The van der Waals surface area contributed by atoms with Gasteiger partial charge in [0.25, 0.3) is 0 Å². The molecule has 0 aliphatic heterocycles. The molecule has 1 aromatic rings. The van der Waals surface area contributed by atoms with E-state index in [0.29, 0.717) is 5.92 Å². The highest BCUT2D eigenvalue weighted by Gasteiger charge is 2.04. The first-order valence-electron chi connectivity index (χ1n) is 5.48. The monoisotopic (exact) mass is 201 g/mol. The molecule has 0 unspecified atom stereocenters. The lowest BCUT2D eigenvalue weighted by atomic mass is 10.1. The summed E-state index contributed by atoms with van der Waals surface area (Å²) in [4.78, 5) is 4.65. The number of allylic oxidation sites excluding steroid dienone is 2. The third kappa shape index (κ3) is 3.05. The van der Waals surface area contributed by atoms with E-state index in [0.717, 1.165) is 17.8 Å². The molecule has 0 spiro atoms. The fraction of sp³-hybridized carbons (Fsp3) is 0.357. The number of rotatable bonds is 4. The number of hydrogen-bond acceptors (Lipinski definition) is 1. The van der Waals surface area contributed by atoms with Gasteiger partial charge in [0.1, 0.15) is 0 Å². The molecule has 80 valence electrons. The second-order valence-electron chi connectivity index (χ2n) is 3.88. The molecule has 0 amide bonds. The Morgan fingerprint density at radius 1 is 1.40 bits per heavy atom. The van der Waals surface area contributed by atoms with Crippen molar-refractivity contribution >= 4 is 6.08 Å². The van der Waals surface area contributed by atoms with Gasteiger partial charge in [-0.2, -0.15) is 0 Å². The molecular formula is C14H19N. The fourth-order valence-electron chi connectivity index (χ4n) is 1.44. The molecule has 0 aromatic carbocycles. The Kier molecular flexibility index (Phi) is 4.29. The van der Waals surface area contributed by atoms with Gasteiger partial charge in [-0.05, 0) is 30.0 Å². The van der Waals surface area contributed by atoms with Gasteiger partial charge in [0, 0.05) is 5.69 Å². The summed E-state index contributed by atoms with van der Waals surface area (Å²) in [7, 11) is 0. The van der Waals surface area contributed by atoms with Gasteiger partial charge in [-0.3, -0.25) is 4.98 Å². The van der Waals surface area contributed by atoms with E-state index in [1.807, 2.05) is 12.2 Å². The Balaban J connectivity index is 3.12. The maximum absolute atomic E-state index is 4.65. The predicted octanol–water partition coefficient (Wildman–Crippen LogP) is 3.97. The van der Waals surface area contributed by atoms with Crippen LogP contribution in [0.4, 0.5) is 0 Å². The summed E-state index contributed by atoms with van der Waals surface area (Å²) in [6, 6.07) is 4.29. The molecule has 1 heterocycles. The molecule has 1 nitrogen and oxygen atoms in total. The third-order valence-electron chi connectivity index (χ3n) is 2.40. The van der Waals surface area contributed by atoms with Gasteiger partial charge in [0.2, 0.25) is 0 Å². The lowest BCUT2D eigenvalue weighted by Crippen LogP contribution is -1.98. The highest BCUT2D eigenvalue weighted by molar-refractivity contribution is 5.51. The number of pyridine rings is 1. The van der Waals surface area contributed by atoms with Gasteiger partial charge < -0.3 is 0 Å². The molecule has 0 atom stereocenters. The summed E-state index contributed by atoms with van der Waals surface area (Å²) in [6.45, 7) is 10.1. The molecular weight excluding hydrogens is 182 g/mol. The Labute approximate surface area is 92.6 Å². The van der Waals surface area contributed by atoms with Gasteiger partial charge in [0.15, 0.2) is 0 Å². The summed E-state index contributed by atoms with van der Waals surface area (Å²) in [6.07, 6.45) is 6.76. The maximum Gasteiger partial charge on any atom is 0.0664 e. The molecule has 1 heteroatoms. The van der Waals surface area contributed by atoms with Crippen molar-refractivity contribution in [2.75, 3.05) is 0 Å². The van der Waals surface area contributed by atoms with Crippen LogP contribution in [-0.4, -0.2) is 4.98 Å². The first-order chi connectivity index (χ1) is 7.19. The summed E-state index contributed by atoms with van der Waals surface area (Å²) in [5.41, 5.74) is 3.51. The molecule has 0 aliphatic carbocycles. The van der Waals surface area contributed by atoms with Crippen LogP contribution in [-0.2, 0) is 6.42 Å². The predicted molar refractivity (Wildman–Crippen MR) is 66.9 cm³/mol. The maximum atomic E-state index is 4.65. The molecule has 0 aliphatic rings. The van der Waals surface area contributed by atoms with E-state index in [1.54, 1.807) is 6.08 Å². The van der Waals surface area contributed by atoms with Crippen LogP contribution in [0.2, 0.25) is 0 Å². The minimum atomic E-state index is 0.479. The molecule has 1 aromatic heterocycles. The number of aryl methyl sites for hydroxylation is 1. The third-order valence-corrected chi connectivity index (χ3v) is 2.40. The van der Waals surface area contributed by atoms with Crippen LogP contribution in [0.5, 0.6) is 0 Å². The normalized spacial score (nSPS) is 11.2. The minimum Gasteiger partial charge on any atom is -0.253 e. The zero-order valence-corrected chi connectivity index (χ0v) is 9.83. The molecule has 0 saturated carbocycles. The molecule has 0 N–H and O–H groups in total. The summed E-state index contributed by atoms with van der Waals surface area (Å²) >= 11 is 0. The Morgan fingerprint density at radius 3 is 2.67 bits per heavy atom. The Bertz CT molecular complexity index is 362. The molecule has 0 bridgehead atoms. The minimum absolute atomic E-state index is 0.479. The lowest BCUT2D eigenvalue weighted by molar-refractivity contribution is 0.816. The van der Waals surface area contributed by atoms with Crippen molar-refractivity contribution in [3.8, 4) is 0 Å². The van der Waals surface area contributed by atoms with E-state index in [9.17, 15) is 0 Å². The van der Waals surface area contributed by atoms with Gasteiger partial charge in [-0.15, -0.1) is 0 Å². The van der Waals surface area contributed by atoms with Gasteiger partial charge in [-0.25, -0.2) is 0 Å². The SMILES string of the molecule is C=C/C=C\c1nc(C(C)C)ccc1CC. The Morgan fingerprint density at radius 2 is 2.13 bits per heavy atom. The molecule has 0 saturated heterocycles. The number of nitrogens with zero attached hydrogens (tertiary/aromatic N) is 1. The standard InChI is InChI=1S/C14H19N/c1-5-7-8-14-12(6-2)9-10-13(15-14)11(3)4/h5,7-11H,1,6H2,2-4H3/b8-7-. The molecule has 0 radical (unpaired) electrons. The van der Waals surface area contributed by atoms with E-state index in [2.05, 4.69) is 44.5 Å². The highest BCUT2D eigenvalue weighted by Crippen LogP contribution is 2.16. The summed E-state index contributed by atoms with van der Waals surface area (Å²) in [5, 5.41) is 0. The van der Waals surface area contributed by atoms with Gasteiger partial charge in [0.05, 0.1) is 5.69 Å². The van der Waals surface area contributed by atoms with Crippen LogP contribution in [0.3, 0.4) is 0 Å². The second-order valence-corrected chi connectivity index (χ2v) is 3.88. The first kappa shape index (κ1) is 11.7. The van der Waals surface area contributed by atoms with Crippen LogP contribution < -0.4 is 0 Å². The number of hydrogen-bond donors (Lipinski definition) is 0. The van der Waals surface area contributed by atoms with Crippen molar-refractivity contribution in [3.05, 3.63) is 47.8 Å². The summed E-state index contributed by atoms with van der Waals surface area (Å²) in [5.74, 6) is 0.479. The zero-order chi connectivity index (χ0) is 11.3. The van der Waals surface area contributed by atoms with Crippen LogP contribution in [0.1, 0.15) is 43.6 Å². The van der Waals surface area contributed by atoms with E-state index >= 15 is 0 Å². The van der Waals surface area contributed by atoms with Crippen molar-refractivity contribution in [1.29, 1.82) is 0 Å². The average Bonchev–Trinajstić information content (AvgIpc) is 2.25. The number of aromatic nitrogens is 1. The van der Waals surface area contributed by atoms with Crippen molar-refractivity contribution < 1.29 is 0 Å². The fourth-order valence-corrected chi connectivity index (χ4v) is 1.44. The van der Waals surface area contributed by atoms with Gasteiger partial charge in [-0.1, -0.05) is 45.6 Å². The lowest BCUT2D eigenvalue weighted by Gasteiger charge is -2.08. The highest BCUT2D eigenvalue weighted by atomic mass is 14.7. The first-order valence-corrected chi connectivity index (χ1v) is 5.48. The van der Waals surface area contributed by atoms with Crippen molar-refractivity contribution in [1.82, 2.24) is 4.98 Å². The molecule has 0 fully saturated rings. The molecule has 15 heavy (non-hydrogen) atoms. The van der Waals surface area contributed by atoms with Crippen molar-refractivity contribution in [2.45, 2.75) is 33.1 Å². The smallest absolute Gasteiger partial charge is 0.0664 e. The topological polar surface area (TPSA) is 12.9 Å². The van der Waals surface area contributed by atoms with E-state index in [4.69, 9.17) is 0 Å². The van der Waals surface area contributed by atoms with Crippen LogP contribution in [0.25, 0.3) is 6.08 Å². The van der Waals surface area contributed by atoms with Crippen LogP contribution in [0, 0.1) is 0 Å². The van der Waals surface area contributed by atoms with Gasteiger partial charge >= 0.3 is 0 Å². The van der Waals surface area contributed by atoms with E-state index in [-0.39, 0.29) is 0 Å². The largest absolute Gasteiger partial charge is 0.253 e. The zero-order valence-electron chi connectivity index (χ0n) is 9.83. The quantitative estimate of drug-likeness (QED) is 0.672. The van der Waals surface area contributed by atoms with Crippen molar-refractivity contribution in [3.63, 3.8) is 0 Å². The van der Waals surface area contributed by atoms with Crippen LogP contribution >= 0.6 is 0 Å². The van der Waals surface area contributed by atoms with E-state index < -0.39 is 0 Å². The molecule has 1 rings (SSSR count). The van der Waals surface area contributed by atoms with E-state index in [1.165, 1.54) is 5.56 Å². The average molecular weight is 201 g/mol. The van der Waals surface area contributed by atoms with Crippen molar-refractivity contribution in [2.24, 2.45) is 0 Å².